The maximum atomic E-state index is 6.14. The van der Waals surface area contributed by atoms with Gasteiger partial charge in [-0.3, -0.25) is 0 Å². The SMILES string of the molecule is Cc1oc(-c2ccccc2)nc1COc1ccc(Br)cc1Cl. The van der Waals surface area contributed by atoms with Crippen molar-refractivity contribution in [3.63, 3.8) is 0 Å². The first-order valence-corrected chi connectivity index (χ1v) is 7.90. The van der Waals surface area contributed by atoms with E-state index in [0.29, 0.717) is 23.3 Å². The minimum Gasteiger partial charge on any atom is -0.486 e. The fraction of sp³-hybridized carbons (Fsp3) is 0.118. The number of hydrogen-bond donors (Lipinski definition) is 0. The second-order valence-corrected chi connectivity index (χ2v) is 6.07. The highest BCUT2D eigenvalue weighted by Crippen LogP contribution is 2.29. The number of rotatable bonds is 4. The normalized spacial score (nSPS) is 10.7. The number of aryl methyl sites for hydroxylation is 1. The van der Waals surface area contributed by atoms with Gasteiger partial charge in [0.2, 0.25) is 5.89 Å². The van der Waals surface area contributed by atoms with Crippen molar-refractivity contribution < 1.29 is 9.15 Å². The number of benzene rings is 2. The summed E-state index contributed by atoms with van der Waals surface area (Å²) in [4.78, 5) is 4.50. The van der Waals surface area contributed by atoms with Gasteiger partial charge in [-0.15, -0.1) is 0 Å². The maximum absolute atomic E-state index is 6.14. The lowest BCUT2D eigenvalue weighted by atomic mass is 10.2. The van der Waals surface area contributed by atoms with E-state index >= 15 is 0 Å². The molecule has 0 saturated carbocycles. The quantitative estimate of drug-likeness (QED) is 0.589. The number of nitrogens with zero attached hydrogens (tertiary/aromatic N) is 1. The van der Waals surface area contributed by atoms with Gasteiger partial charge in [0.25, 0.3) is 0 Å². The van der Waals surface area contributed by atoms with Crippen LogP contribution in [0.1, 0.15) is 11.5 Å². The zero-order valence-electron chi connectivity index (χ0n) is 11.8. The molecule has 0 aliphatic heterocycles. The molecule has 0 saturated heterocycles. The summed E-state index contributed by atoms with van der Waals surface area (Å²) in [6.07, 6.45) is 0. The molecular weight excluding hydrogens is 366 g/mol. The summed E-state index contributed by atoms with van der Waals surface area (Å²) in [5.74, 6) is 1.96. The molecule has 0 amide bonds. The Labute approximate surface area is 142 Å². The van der Waals surface area contributed by atoms with Crippen molar-refractivity contribution in [1.29, 1.82) is 0 Å². The molecule has 0 bridgehead atoms. The van der Waals surface area contributed by atoms with E-state index in [1.165, 1.54) is 0 Å². The van der Waals surface area contributed by atoms with Crippen LogP contribution in [0.3, 0.4) is 0 Å². The first-order chi connectivity index (χ1) is 10.6. The van der Waals surface area contributed by atoms with Gasteiger partial charge < -0.3 is 9.15 Å². The van der Waals surface area contributed by atoms with Crippen molar-refractivity contribution in [2.24, 2.45) is 0 Å². The van der Waals surface area contributed by atoms with E-state index in [4.69, 9.17) is 20.8 Å². The van der Waals surface area contributed by atoms with Crippen LogP contribution in [-0.4, -0.2) is 4.98 Å². The molecule has 0 radical (unpaired) electrons. The largest absolute Gasteiger partial charge is 0.486 e. The Balaban J connectivity index is 1.77. The van der Waals surface area contributed by atoms with Gasteiger partial charge in [-0.2, -0.15) is 0 Å². The van der Waals surface area contributed by atoms with E-state index < -0.39 is 0 Å². The predicted octanol–water partition coefficient (Wildman–Crippen LogP) is 5.64. The fourth-order valence-corrected chi connectivity index (χ4v) is 2.73. The summed E-state index contributed by atoms with van der Waals surface area (Å²) < 4.78 is 12.4. The molecule has 112 valence electrons. The van der Waals surface area contributed by atoms with Gasteiger partial charge in [0, 0.05) is 10.0 Å². The van der Waals surface area contributed by atoms with E-state index in [1.807, 2.05) is 49.4 Å². The monoisotopic (exact) mass is 377 g/mol. The average Bonchev–Trinajstić information content (AvgIpc) is 2.88. The lowest BCUT2D eigenvalue weighted by molar-refractivity contribution is 0.299. The highest BCUT2D eigenvalue weighted by molar-refractivity contribution is 9.10. The summed E-state index contributed by atoms with van der Waals surface area (Å²) in [6.45, 7) is 2.19. The Bertz CT molecular complexity index is 787. The molecule has 3 nitrogen and oxygen atoms in total. The standard InChI is InChI=1S/C17H13BrClNO2/c1-11-15(10-21-16-8-7-13(18)9-14(16)19)20-17(22-11)12-5-3-2-4-6-12/h2-9H,10H2,1H3. The zero-order valence-corrected chi connectivity index (χ0v) is 14.2. The van der Waals surface area contributed by atoms with Crippen molar-refractivity contribution in [1.82, 2.24) is 4.98 Å². The van der Waals surface area contributed by atoms with Crippen LogP contribution in [0.2, 0.25) is 5.02 Å². The van der Waals surface area contributed by atoms with Gasteiger partial charge in [0.1, 0.15) is 23.8 Å². The molecule has 0 aliphatic carbocycles. The lowest BCUT2D eigenvalue weighted by Gasteiger charge is -2.06. The third-order valence-corrected chi connectivity index (χ3v) is 3.96. The van der Waals surface area contributed by atoms with Crippen LogP contribution in [-0.2, 0) is 6.61 Å². The van der Waals surface area contributed by atoms with Gasteiger partial charge in [0.05, 0.1) is 5.02 Å². The second-order valence-electron chi connectivity index (χ2n) is 4.75. The molecule has 1 heterocycles. The smallest absolute Gasteiger partial charge is 0.226 e. The highest BCUT2D eigenvalue weighted by atomic mass is 79.9. The van der Waals surface area contributed by atoms with Crippen LogP contribution >= 0.6 is 27.5 Å². The molecule has 5 heteroatoms. The van der Waals surface area contributed by atoms with Gasteiger partial charge in [0.15, 0.2) is 0 Å². The maximum Gasteiger partial charge on any atom is 0.226 e. The van der Waals surface area contributed by atoms with Gasteiger partial charge >= 0.3 is 0 Å². The summed E-state index contributed by atoms with van der Waals surface area (Å²) in [7, 11) is 0. The molecule has 0 N–H and O–H groups in total. The molecule has 22 heavy (non-hydrogen) atoms. The molecule has 0 atom stereocenters. The van der Waals surface area contributed by atoms with E-state index in [9.17, 15) is 0 Å². The minimum atomic E-state index is 0.309. The first-order valence-electron chi connectivity index (χ1n) is 6.73. The summed E-state index contributed by atoms with van der Waals surface area (Å²) >= 11 is 9.50. The zero-order chi connectivity index (χ0) is 15.5. The minimum absolute atomic E-state index is 0.309. The van der Waals surface area contributed by atoms with Crippen molar-refractivity contribution in [2.45, 2.75) is 13.5 Å². The van der Waals surface area contributed by atoms with Crippen LogP contribution < -0.4 is 4.74 Å². The lowest BCUT2D eigenvalue weighted by Crippen LogP contribution is -1.98. The molecular formula is C17H13BrClNO2. The summed E-state index contributed by atoms with van der Waals surface area (Å²) in [5, 5.41) is 0.554. The molecule has 0 aliphatic rings. The molecule has 0 spiro atoms. The van der Waals surface area contributed by atoms with E-state index in [2.05, 4.69) is 20.9 Å². The third kappa shape index (κ3) is 3.34. The number of aromatic nitrogens is 1. The molecule has 2 aromatic carbocycles. The van der Waals surface area contributed by atoms with Crippen LogP contribution in [0.25, 0.3) is 11.5 Å². The molecule has 1 aromatic heterocycles. The van der Waals surface area contributed by atoms with E-state index in [-0.39, 0.29) is 0 Å². The van der Waals surface area contributed by atoms with Crippen molar-refractivity contribution in [3.8, 4) is 17.2 Å². The first kappa shape index (κ1) is 15.1. The van der Waals surface area contributed by atoms with Crippen molar-refractivity contribution in [3.05, 3.63) is 69.5 Å². The topological polar surface area (TPSA) is 35.3 Å². The number of ether oxygens (including phenoxy) is 1. The van der Waals surface area contributed by atoms with Gasteiger partial charge in [-0.05, 0) is 37.3 Å². The highest BCUT2D eigenvalue weighted by Gasteiger charge is 2.12. The Hall–Kier alpha value is -1.78. The molecule has 3 rings (SSSR count). The van der Waals surface area contributed by atoms with E-state index in [1.54, 1.807) is 6.07 Å². The Morgan fingerprint density at radius 3 is 2.68 bits per heavy atom. The van der Waals surface area contributed by atoms with Crippen LogP contribution in [0.15, 0.2) is 57.4 Å². The number of halogens is 2. The van der Waals surface area contributed by atoms with Gasteiger partial charge in [-0.1, -0.05) is 45.7 Å². The van der Waals surface area contributed by atoms with Crippen molar-refractivity contribution in [2.75, 3.05) is 0 Å². The second kappa shape index (κ2) is 6.55. The average molecular weight is 379 g/mol. The number of oxazole rings is 1. The third-order valence-electron chi connectivity index (χ3n) is 3.17. The Morgan fingerprint density at radius 1 is 1.18 bits per heavy atom. The van der Waals surface area contributed by atoms with Crippen molar-refractivity contribution >= 4 is 27.5 Å². The van der Waals surface area contributed by atoms with E-state index in [0.717, 1.165) is 21.5 Å². The Morgan fingerprint density at radius 2 is 1.95 bits per heavy atom. The molecule has 0 fully saturated rings. The fourth-order valence-electron chi connectivity index (χ4n) is 2.00. The molecule has 3 aromatic rings. The predicted molar refractivity (Wildman–Crippen MR) is 90.2 cm³/mol. The summed E-state index contributed by atoms with van der Waals surface area (Å²) in [6, 6.07) is 15.3. The molecule has 0 unspecified atom stereocenters. The van der Waals surface area contributed by atoms with Gasteiger partial charge in [-0.25, -0.2) is 4.98 Å². The van der Waals surface area contributed by atoms with Crippen LogP contribution in [0.5, 0.6) is 5.75 Å². The number of hydrogen-bond acceptors (Lipinski definition) is 3. The Kier molecular flexibility index (Phi) is 4.50. The van der Waals surface area contributed by atoms with Crippen LogP contribution in [0.4, 0.5) is 0 Å². The van der Waals surface area contributed by atoms with Crippen LogP contribution in [0, 0.1) is 6.92 Å². The summed E-state index contributed by atoms with van der Waals surface area (Å²) in [5.41, 5.74) is 1.70.